The zero-order valence-corrected chi connectivity index (χ0v) is 13.9. The third-order valence-electron chi connectivity index (χ3n) is 4.35. The second kappa shape index (κ2) is 7.43. The fraction of sp³-hybridized carbons (Fsp3) is 0.556. The number of nitrogens with zero attached hydrogens (tertiary/aromatic N) is 2. The fourth-order valence-corrected chi connectivity index (χ4v) is 3.12. The summed E-state index contributed by atoms with van der Waals surface area (Å²) in [4.78, 5) is 28.2. The maximum atomic E-state index is 12.5. The first kappa shape index (κ1) is 16.5. The summed E-state index contributed by atoms with van der Waals surface area (Å²) in [6.45, 7) is 7.39. The van der Waals surface area contributed by atoms with Crippen LogP contribution in [0.1, 0.15) is 44.2 Å². The van der Waals surface area contributed by atoms with Gasteiger partial charge in [-0.3, -0.25) is 9.59 Å². The molecule has 0 N–H and O–H groups in total. The van der Waals surface area contributed by atoms with Gasteiger partial charge in [0.2, 0.25) is 11.8 Å². The zero-order chi connectivity index (χ0) is 16.1. The van der Waals surface area contributed by atoms with E-state index in [1.165, 1.54) is 13.3 Å². The van der Waals surface area contributed by atoms with Crippen LogP contribution in [0, 0.1) is 6.92 Å². The van der Waals surface area contributed by atoms with E-state index in [0.717, 1.165) is 49.2 Å². The third-order valence-corrected chi connectivity index (χ3v) is 4.35. The summed E-state index contributed by atoms with van der Waals surface area (Å²) < 4.78 is 0. The Kier molecular flexibility index (Phi) is 5.58. The Morgan fingerprint density at radius 3 is 2.45 bits per heavy atom. The minimum absolute atomic E-state index is 0.0557. The minimum Gasteiger partial charge on any atom is -0.341 e. The summed E-state index contributed by atoms with van der Waals surface area (Å²) in [6, 6.07) is 6.03. The summed E-state index contributed by atoms with van der Waals surface area (Å²) in [5.74, 6) is -0.0189. The molecule has 0 saturated carbocycles. The Morgan fingerprint density at radius 1 is 1.18 bits per heavy atom. The van der Waals surface area contributed by atoms with Gasteiger partial charge < -0.3 is 9.80 Å². The Morgan fingerprint density at radius 2 is 1.86 bits per heavy atom. The van der Waals surface area contributed by atoms with Crippen molar-refractivity contribution in [1.29, 1.82) is 0 Å². The average molecular weight is 302 g/mol. The smallest absolute Gasteiger partial charge is 0.242 e. The topological polar surface area (TPSA) is 40.6 Å². The Balaban J connectivity index is 2.24. The molecule has 22 heavy (non-hydrogen) atoms. The maximum absolute atomic E-state index is 12.5. The van der Waals surface area contributed by atoms with E-state index in [2.05, 4.69) is 6.92 Å². The van der Waals surface area contributed by atoms with Crippen LogP contribution in [0.15, 0.2) is 18.2 Å². The van der Waals surface area contributed by atoms with Crippen LogP contribution in [0.3, 0.4) is 0 Å². The van der Waals surface area contributed by atoms with E-state index in [9.17, 15) is 9.59 Å². The molecule has 1 aromatic rings. The first-order chi connectivity index (χ1) is 10.5. The molecule has 1 aliphatic heterocycles. The highest BCUT2D eigenvalue weighted by atomic mass is 16.2. The van der Waals surface area contributed by atoms with Crippen molar-refractivity contribution in [2.75, 3.05) is 24.5 Å². The number of piperidine rings is 1. The largest absolute Gasteiger partial charge is 0.341 e. The monoisotopic (exact) mass is 302 g/mol. The van der Waals surface area contributed by atoms with Crippen molar-refractivity contribution in [3.05, 3.63) is 29.3 Å². The van der Waals surface area contributed by atoms with Crippen molar-refractivity contribution < 1.29 is 9.59 Å². The molecule has 4 heteroatoms. The molecular formula is C18H26N2O2. The number of hydrogen-bond donors (Lipinski definition) is 0. The number of carbonyl (C=O) groups is 2. The number of benzene rings is 1. The van der Waals surface area contributed by atoms with Gasteiger partial charge in [-0.15, -0.1) is 0 Å². The lowest BCUT2D eigenvalue weighted by molar-refractivity contribution is -0.132. The summed E-state index contributed by atoms with van der Waals surface area (Å²) in [5.41, 5.74) is 3.06. The van der Waals surface area contributed by atoms with Crippen molar-refractivity contribution in [2.24, 2.45) is 0 Å². The summed E-state index contributed by atoms with van der Waals surface area (Å²) in [6.07, 6.45) is 4.17. The molecule has 4 nitrogen and oxygen atoms in total. The van der Waals surface area contributed by atoms with E-state index >= 15 is 0 Å². The molecule has 2 rings (SSSR count). The lowest BCUT2D eigenvalue weighted by Gasteiger charge is -2.31. The van der Waals surface area contributed by atoms with Gasteiger partial charge in [0.25, 0.3) is 0 Å². The van der Waals surface area contributed by atoms with E-state index in [1.54, 1.807) is 4.90 Å². The van der Waals surface area contributed by atoms with Crippen LogP contribution in [0.25, 0.3) is 0 Å². The lowest BCUT2D eigenvalue weighted by Crippen LogP contribution is -2.44. The highest BCUT2D eigenvalue weighted by Crippen LogP contribution is 2.26. The molecule has 0 bridgehead atoms. The van der Waals surface area contributed by atoms with Crippen molar-refractivity contribution in [3.8, 4) is 0 Å². The van der Waals surface area contributed by atoms with Crippen LogP contribution in [0.2, 0.25) is 0 Å². The molecule has 0 aromatic heterocycles. The Bertz CT molecular complexity index is 548. The zero-order valence-electron chi connectivity index (χ0n) is 13.9. The molecule has 0 radical (unpaired) electrons. The molecule has 0 unspecified atom stereocenters. The van der Waals surface area contributed by atoms with Gasteiger partial charge in [-0.2, -0.15) is 0 Å². The Hall–Kier alpha value is -1.84. The fourth-order valence-electron chi connectivity index (χ4n) is 3.12. The number of amides is 2. The van der Waals surface area contributed by atoms with Crippen LogP contribution < -0.4 is 4.90 Å². The molecule has 0 aliphatic carbocycles. The summed E-state index contributed by atoms with van der Waals surface area (Å²) >= 11 is 0. The third kappa shape index (κ3) is 3.67. The van der Waals surface area contributed by atoms with Crippen LogP contribution in [-0.4, -0.2) is 36.3 Å². The second-order valence-corrected chi connectivity index (χ2v) is 5.98. The van der Waals surface area contributed by atoms with Gasteiger partial charge in [-0.25, -0.2) is 0 Å². The Labute approximate surface area is 133 Å². The molecule has 1 saturated heterocycles. The molecule has 1 fully saturated rings. The first-order valence-corrected chi connectivity index (χ1v) is 8.19. The van der Waals surface area contributed by atoms with Crippen LogP contribution >= 0.6 is 0 Å². The second-order valence-electron chi connectivity index (χ2n) is 5.98. The summed E-state index contributed by atoms with van der Waals surface area (Å²) in [7, 11) is 0. The first-order valence-electron chi connectivity index (χ1n) is 8.19. The van der Waals surface area contributed by atoms with Gasteiger partial charge in [-0.05, 0) is 43.7 Å². The van der Waals surface area contributed by atoms with Gasteiger partial charge in [-0.1, -0.05) is 25.1 Å². The highest BCUT2D eigenvalue weighted by molar-refractivity contribution is 5.98. The van der Waals surface area contributed by atoms with Gasteiger partial charge in [0, 0.05) is 20.0 Å². The maximum Gasteiger partial charge on any atom is 0.242 e. The lowest BCUT2D eigenvalue weighted by atomic mass is 10.0. The van der Waals surface area contributed by atoms with E-state index < -0.39 is 0 Å². The average Bonchev–Trinajstić information content (AvgIpc) is 2.53. The SMILES string of the molecule is CCc1cccc(C)c1N(CC(=O)N1CCCCC1)C(C)=O. The normalized spacial score (nSPS) is 14.8. The van der Waals surface area contributed by atoms with Gasteiger partial charge >= 0.3 is 0 Å². The molecule has 120 valence electrons. The molecule has 1 aromatic carbocycles. The van der Waals surface area contributed by atoms with Crippen molar-refractivity contribution in [3.63, 3.8) is 0 Å². The molecule has 1 aliphatic rings. The molecule has 1 heterocycles. The number of aryl methyl sites for hydroxylation is 2. The van der Waals surface area contributed by atoms with Crippen molar-refractivity contribution >= 4 is 17.5 Å². The van der Waals surface area contributed by atoms with E-state index in [-0.39, 0.29) is 18.4 Å². The number of rotatable bonds is 4. The number of hydrogen-bond acceptors (Lipinski definition) is 2. The van der Waals surface area contributed by atoms with Gasteiger partial charge in [0.1, 0.15) is 6.54 Å². The molecule has 0 spiro atoms. The van der Waals surface area contributed by atoms with E-state index in [1.807, 2.05) is 30.0 Å². The number of para-hydroxylation sites is 1. The quantitative estimate of drug-likeness (QED) is 0.858. The molecule has 2 amide bonds. The van der Waals surface area contributed by atoms with Crippen molar-refractivity contribution in [1.82, 2.24) is 4.90 Å². The van der Waals surface area contributed by atoms with Gasteiger partial charge in [0.05, 0.1) is 5.69 Å². The van der Waals surface area contributed by atoms with Crippen LogP contribution in [0.4, 0.5) is 5.69 Å². The predicted octanol–water partition coefficient (Wildman–Crippen LogP) is 2.92. The number of carbonyl (C=O) groups excluding carboxylic acids is 2. The van der Waals surface area contributed by atoms with Crippen LogP contribution in [-0.2, 0) is 16.0 Å². The predicted molar refractivity (Wildman–Crippen MR) is 89.0 cm³/mol. The van der Waals surface area contributed by atoms with Crippen molar-refractivity contribution in [2.45, 2.75) is 46.5 Å². The van der Waals surface area contributed by atoms with E-state index in [4.69, 9.17) is 0 Å². The molecular weight excluding hydrogens is 276 g/mol. The number of likely N-dealkylation sites (tertiary alicyclic amines) is 1. The summed E-state index contributed by atoms with van der Waals surface area (Å²) in [5, 5.41) is 0. The van der Waals surface area contributed by atoms with Gasteiger partial charge in [0.15, 0.2) is 0 Å². The van der Waals surface area contributed by atoms with E-state index in [0.29, 0.717) is 0 Å². The van der Waals surface area contributed by atoms with Crippen LogP contribution in [0.5, 0.6) is 0 Å². The molecule has 0 atom stereocenters. The minimum atomic E-state index is -0.0747. The standard InChI is InChI=1S/C18H26N2O2/c1-4-16-10-8-9-14(2)18(16)20(15(3)21)13-17(22)19-11-6-5-7-12-19/h8-10H,4-7,11-13H2,1-3H3. The highest BCUT2D eigenvalue weighted by Gasteiger charge is 2.24. The number of anilines is 1.